The summed E-state index contributed by atoms with van der Waals surface area (Å²) in [5, 5.41) is 22.3. The van der Waals surface area contributed by atoms with Gasteiger partial charge in [0.2, 0.25) is 0 Å². The molecular weight excluding hydrogens is 410 g/mol. The smallest absolute Gasteiger partial charge is 0.295 e. The van der Waals surface area contributed by atoms with Gasteiger partial charge in [0.05, 0.1) is 18.7 Å². The second kappa shape index (κ2) is 8.39. The van der Waals surface area contributed by atoms with E-state index in [0.29, 0.717) is 17.7 Å². The molecule has 8 heteroatoms. The quantitative estimate of drug-likeness (QED) is 0.312. The molecule has 3 N–H and O–H groups in total. The molecule has 1 aromatic heterocycles. The van der Waals surface area contributed by atoms with Crippen molar-refractivity contribution in [1.82, 2.24) is 14.8 Å². The third-order valence-corrected chi connectivity index (χ3v) is 5.69. The summed E-state index contributed by atoms with van der Waals surface area (Å²) < 4.78 is 5.12. The van der Waals surface area contributed by atoms with Crippen LogP contribution in [0.4, 0.5) is 0 Å². The molecule has 1 amide bonds. The van der Waals surface area contributed by atoms with Gasteiger partial charge in [-0.3, -0.25) is 9.59 Å². The number of amides is 1. The summed E-state index contributed by atoms with van der Waals surface area (Å²) in [6.07, 6.45) is 1.62. The van der Waals surface area contributed by atoms with Crippen molar-refractivity contribution in [3.05, 3.63) is 65.4 Å². The van der Waals surface area contributed by atoms with E-state index in [1.54, 1.807) is 18.3 Å². The summed E-state index contributed by atoms with van der Waals surface area (Å²) in [6.45, 7) is 0.804. The highest BCUT2D eigenvalue weighted by Crippen LogP contribution is 2.42. The Balaban J connectivity index is 1.90. The lowest BCUT2D eigenvalue weighted by Crippen LogP contribution is -2.35. The molecule has 0 bridgehead atoms. The fourth-order valence-electron chi connectivity index (χ4n) is 4.05. The number of benzene rings is 2. The van der Waals surface area contributed by atoms with Gasteiger partial charge in [0, 0.05) is 35.8 Å². The summed E-state index contributed by atoms with van der Waals surface area (Å²) in [5.74, 6) is -1.54. The molecule has 166 valence electrons. The lowest BCUT2D eigenvalue weighted by molar-refractivity contribution is -0.140. The number of carbonyl (C=O) groups excluding carboxylic acids is 2. The summed E-state index contributed by atoms with van der Waals surface area (Å²) >= 11 is 0. The first-order valence-corrected chi connectivity index (χ1v) is 10.2. The molecule has 2 heterocycles. The van der Waals surface area contributed by atoms with Gasteiger partial charge >= 0.3 is 0 Å². The number of phenolic OH excluding ortho intramolecular Hbond substituents is 1. The van der Waals surface area contributed by atoms with E-state index in [9.17, 15) is 19.8 Å². The zero-order valence-electron chi connectivity index (χ0n) is 18.1. The number of methoxy groups -OCH3 is 1. The minimum atomic E-state index is -0.847. The van der Waals surface area contributed by atoms with Crippen LogP contribution >= 0.6 is 0 Å². The predicted molar refractivity (Wildman–Crippen MR) is 121 cm³/mol. The monoisotopic (exact) mass is 435 g/mol. The fourth-order valence-corrected chi connectivity index (χ4v) is 4.05. The minimum absolute atomic E-state index is 0.0110. The fraction of sp³-hybridized carbons (Fsp3) is 0.250. The standard InChI is InChI=1S/C24H25N3O5/c1-26(2)10-11-27-21(14-8-9-19(32-3)18(28)12-14)20(23(30)24(27)31)22(29)16-13-25-17-7-5-4-6-15(16)17/h4-9,12-13,21,25,28-29H,10-11H2,1-3H3/b22-20-. The molecule has 1 saturated heterocycles. The number of carbonyl (C=O) groups is 2. The Bertz CT molecular complexity index is 1230. The number of phenols is 1. The van der Waals surface area contributed by atoms with E-state index in [1.165, 1.54) is 18.1 Å². The van der Waals surface area contributed by atoms with E-state index in [1.807, 2.05) is 43.3 Å². The average molecular weight is 435 g/mol. The van der Waals surface area contributed by atoms with Crippen LogP contribution in [-0.2, 0) is 9.59 Å². The Morgan fingerprint density at radius 1 is 1.19 bits per heavy atom. The molecule has 1 unspecified atom stereocenters. The number of ketones is 1. The average Bonchev–Trinajstić information content (AvgIpc) is 3.31. The van der Waals surface area contributed by atoms with Crippen molar-refractivity contribution in [2.75, 3.05) is 34.3 Å². The lowest BCUT2D eigenvalue weighted by Gasteiger charge is -2.26. The number of aromatic amines is 1. The van der Waals surface area contributed by atoms with Crippen molar-refractivity contribution in [1.29, 1.82) is 0 Å². The van der Waals surface area contributed by atoms with Gasteiger partial charge in [0.25, 0.3) is 11.7 Å². The van der Waals surface area contributed by atoms with Crippen molar-refractivity contribution in [2.24, 2.45) is 0 Å². The first-order valence-electron chi connectivity index (χ1n) is 10.2. The summed E-state index contributed by atoms with van der Waals surface area (Å²) in [6, 6.07) is 11.3. The number of aromatic hydroxyl groups is 1. The molecule has 2 aromatic carbocycles. The Labute approximate surface area is 185 Å². The third kappa shape index (κ3) is 3.58. The first-order chi connectivity index (χ1) is 15.3. The predicted octanol–water partition coefficient (Wildman–Crippen LogP) is 2.87. The van der Waals surface area contributed by atoms with Crippen LogP contribution in [0.25, 0.3) is 16.7 Å². The molecule has 0 radical (unpaired) electrons. The molecule has 0 aliphatic carbocycles. The van der Waals surface area contributed by atoms with Crippen LogP contribution in [0.1, 0.15) is 17.2 Å². The maximum absolute atomic E-state index is 13.1. The highest BCUT2D eigenvalue weighted by Gasteiger charge is 2.46. The Morgan fingerprint density at radius 3 is 2.62 bits per heavy atom. The van der Waals surface area contributed by atoms with Gasteiger partial charge < -0.3 is 29.7 Å². The van der Waals surface area contributed by atoms with Gasteiger partial charge in [-0.05, 0) is 37.9 Å². The van der Waals surface area contributed by atoms with Crippen LogP contribution in [0.2, 0.25) is 0 Å². The van der Waals surface area contributed by atoms with Gasteiger partial charge in [-0.25, -0.2) is 0 Å². The highest BCUT2D eigenvalue weighted by atomic mass is 16.5. The number of aliphatic hydroxyl groups is 1. The zero-order valence-corrected chi connectivity index (χ0v) is 18.1. The summed E-state index contributed by atoms with van der Waals surface area (Å²) in [5.41, 5.74) is 1.73. The number of rotatable bonds is 6. The van der Waals surface area contributed by atoms with Gasteiger partial charge in [0.1, 0.15) is 5.76 Å². The van der Waals surface area contributed by atoms with Crippen LogP contribution < -0.4 is 4.74 Å². The van der Waals surface area contributed by atoms with Gasteiger partial charge in [0.15, 0.2) is 11.5 Å². The molecule has 1 aliphatic heterocycles. The number of nitrogens with zero attached hydrogens (tertiary/aromatic N) is 2. The van der Waals surface area contributed by atoms with E-state index in [4.69, 9.17) is 4.74 Å². The molecule has 0 saturated carbocycles. The molecule has 4 rings (SSSR count). The number of Topliss-reactive ketones (excluding diaryl/α,β-unsaturated/α-hetero) is 1. The molecule has 1 atom stereocenters. The molecule has 8 nitrogen and oxygen atoms in total. The number of fused-ring (bicyclic) bond motifs is 1. The minimum Gasteiger partial charge on any atom is -0.507 e. The maximum Gasteiger partial charge on any atom is 0.295 e. The van der Waals surface area contributed by atoms with E-state index >= 15 is 0 Å². The Kier molecular flexibility index (Phi) is 5.63. The van der Waals surface area contributed by atoms with Crippen molar-refractivity contribution in [3.63, 3.8) is 0 Å². The molecule has 1 fully saturated rings. The van der Waals surface area contributed by atoms with Gasteiger partial charge in [-0.15, -0.1) is 0 Å². The number of aromatic nitrogens is 1. The lowest BCUT2D eigenvalue weighted by atomic mass is 9.95. The zero-order chi connectivity index (χ0) is 23.0. The second-order valence-corrected chi connectivity index (χ2v) is 7.97. The largest absolute Gasteiger partial charge is 0.507 e. The number of para-hydroxylation sites is 1. The Morgan fingerprint density at radius 2 is 1.94 bits per heavy atom. The third-order valence-electron chi connectivity index (χ3n) is 5.69. The maximum atomic E-state index is 13.1. The number of H-pyrrole nitrogens is 1. The number of likely N-dealkylation sites (tertiary alicyclic amines) is 1. The van der Waals surface area contributed by atoms with E-state index in [-0.39, 0.29) is 29.4 Å². The molecule has 32 heavy (non-hydrogen) atoms. The number of ether oxygens (including phenoxy) is 1. The van der Waals surface area contributed by atoms with Crippen LogP contribution in [0, 0.1) is 0 Å². The van der Waals surface area contributed by atoms with Crippen LogP contribution in [0.15, 0.2) is 54.2 Å². The van der Waals surface area contributed by atoms with E-state index in [2.05, 4.69) is 4.98 Å². The van der Waals surface area contributed by atoms with E-state index < -0.39 is 17.7 Å². The van der Waals surface area contributed by atoms with Crippen molar-refractivity contribution < 1.29 is 24.5 Å². The number of likely N-dealkylation sites (N-methyl/N-ethyl adjacent to an activating group) is 1. The van der Waals surface area contributed by atoms with Gasteiger partial charge in [-0.1, -0.05) is 24.3 Å². The molecule has 1 aliphatic rings. The number of nitrogens with one attached hydrogen (secondary N) is 1. The number of hydrogen-bond acceptors (Lipinski definition) is 6. The number of hydrogen-bond donors (Lipinski definition) is 3. The van der Waals surface area contributed by atoms with Crippen molar-refractivity contribution in [3.8, 4) is 11.5 Å². The second-order valence-electron chi connectivity index (χ2n) is 7.97. The molecule has 0 spiro atoms. The van der Waals surface area contributed by atoms with Crippen LogP contribution in [0.3, 0.4) is 0 Å². The summed E-state index contributed by atoms with van der Waals surface area (Å²) in [4.78, 5) is 32.5. The number of aliphatic hydroxyl groups excluding tert-OH is 1. The topological polar surface area (TPSA) is 106 Å². The highest BCUT2D eigenvalue weighted by molar-refractivity contribution is 6.46. The normalized spacial score (nSPS) is 18.1. The van der Waals surface area contributed by atoms with Crippen LogP contribution in [0.5, 0.6) is 11.5 Å². The van der Waals surface area contributed by atoms with Crippen molar-refractivity contribution >= 4 is 28.4 Å². The van der Waals surface area contributed by atoms with E-state index in [0.717, 1.165) is 10.9 Å². The molecule has 3 aromatic rings. The van der Waals surface area contributed by atoms with Crippen molar-refractivity contribution in [2.45, 2.75) is 6.04 Å². The summed E-state index contributed by atoms with van der Waals surface area (Å²) in [7, 11) is 5.18. The van der Waals surface area contributed by atoms with Gasteiger partial charge in [-0.2, -0.15) is 0 Å². The molecular formula is C24H25N3O5. The first kappa shape index (κ1) is 21.5. The van der Waals surface area contributed by atoms with Crippen LogP contribution in [-0.4, -0.2) is 71.0 Å². The Hall–Kier alpha value is -3.78. The SMILES string of the molecule is COc1ccc(C2/C(=C(/O)c3c[nH]c4ccccc34)C(=O)C(=O)N2CCN(C)C)cc1O.